The third-order valence-corrected chi connectivity index (χ3v) is 4.08. The van der Waals surface area contributed by atoms with Crippen LogP contribution in [0.15, 0.2) is 42.5 Å². The van der Waals surface area contributed by atoms with Gasteiger partial charge in [-0.05, 0) is 48.6 Å². The van der Waals surface area contributed by atoms with Crippen LogP contribution in [-0.2, 0) is 4.79 Å². The zero-order valence-corrected chi connectivity index (χ0v) is 11.4. The van der Waals surface area contributed by atoms with E-state index in [9.17, 15) is 9.90 Å². The maximum Gasteiger partial charge on any atom is 0.227 e. The predicted octanol–water partition coefficient (Wildman–Crippen LogP) is 3.33. The van der Waals surface area contributed by atoms with Gasteiger partial charge in [0.15, 0.2) is 0 Å². The average molecular weight is 269 g/mol. The number of benzene rings is 2. The van der Waals surface area contributed by atoms with Crippen LogP contribution >= 0.6 is 0 Å². The van der Waals surface area contributed by atoms with Gasteiger partial charge in [0.1, 0.15) is 0 Å². The first-order valence-corrected chi connectivity index (χ1v) is 7.20. The van der Waals surface area contributed by atoms with Gasteiger partial charge in [-0.2, -0.15) is 0 Å². The molecule has 0 aliphatic heterocycles. The first-order valence-electron chi connectivity index (χ1n) is 7.20. The second-order valence-corrected chi connectivity index (χ2v) is 5.56. The number of nitrogens with one attached hydrogen (secondary N) is 1. The van der Waals surface area contributed by atoms with Gasteiger partial charge in [0.2, 0.25) is 5.91 Å². The summed E-state index contributed by atoms with van der Waals surface area (Å²) < 4.78 is 0. The van der Waals surface area contributed by atoms with E-state index in [1.807, 2.05) is 36.4 Å². The monoisotopic (exact) mass is 269 g/mol. The number of rotatable bonds is 2. The van der Waals surface area contributed by atoms with Gasteiger partial charge in [-0.25, -0.2) is 0 Å². The Kier molecular flexibility index (Phi) is 3.70. The molecule has 2 aromatic rings. The van der Waals surface area contributed by atoms with E-state index in [4.69, 9.17) is 0 Å². The molecule has 0 atom stereocenters. The number of carbonyl (C=O) groups is 1. The fourth-order valence-electron chi connectivity index (χ4n) is 2.85. The average Bonchev–Trinajstić information content (AvgIpc) is 2.48. The zero-order chi connectivity index (χ0) is 13.9. The second-order valence-electron chi connectivity index (χ2n) is 5.56. The Hall–Kier alpha value is -1.87. The van der Waals surface area contributed by atoms with E-state index >= 15 is 0 Å². The molecule has 1 fully saturated rings. The van der Waals surface area contributed by atoms with Crippen LogP contribution in [0, 0.1) is 5.92 Å². The molecule has 20 heavy (non-hydrogen) atoms. The normalized spacial score (nSPS) is 22.6. The molecule has 1 aliphatic rings. The first-order chi connectivity index (χ1) is 9.72. The van der Waals surface area contributed by atoms with E-state index < -0.39 is 0 Å². The van der Waals surface area contributed by atoms with Crippen molar-refractivity contribution in [3.8, 4) is 0 Å². The van der Waals surface area contributed by atoms with Crippen molar-refractivity contribution in [1.29, 1.82) is 0 Å². The lowest BCUT2D eigenvalue weighted by molar-refractivity contribution is -0.121. The van der Waals surface area contributed by atoms with Crippen molar-refractivity contribution in [1.82, 2.24) is 0 Å². The van der Waals surface area contributed by atoms with Crippen LogP contribution in [0.2, 0.25) is 0 Å². The highest BCUT2D eigenvalue weighted by atomic mass is 16.3. The summed E-state index contributed by atoms with van der Waals surface area (Å²) in [6, 6.07) is 14.1. The van der Waals surface area contributed by atoms with E-state index in [1.54, 1.807) is 0 Å². The quantitative estimate of drug-likeness (QED) is 0.878. The minimum absolute atomic E-state index is 0.0323. The molecule has 1 amide bonds. The molecule has 1 aliphatic carbocycles. The molecular formula is C17H19NO2. The van der Waals surface area contributed by atoms with Crippen molar-refractivity contribution in [3.63, 3.8) is 0 Å². The summed E-state index contributed by atoms with van der Waals surface area (Å²) in [4.78, 5) is 12.2. The number of amides is 1. The highest BCUT2D eigenvalue weighted by Gasteiger charge is 2.25. The number of fused-ring (bicyclic) bond motifs is 1. The molecule has 3 heteroatoms. The van der Waals surface area contributed by atoms with E-state index in [-0.39, 0.29) is 17.9 Å². The Morgan fingerprint density at radius 2 is 1.70 bits per heavy atom. The summed E-state index contributed by atoms with van der Waals surface area (Å²) in [5.74, 6) is 0.108. The lowest BCUT2D eigenvalue weighted by Crippen LogP contribution is -2.28. The van der Waals surface area contributed by atoms with Crippen molar-refractivity contribution >= 4 is 22.4 Å². The summed E-state index contributed by atoms with van der Waals surface area (Å²) in [6.45, 7) is 0. The molecule has 0 spiro atoms. The van der Waals surface area contributed by atoms with Crippen molar-refractivity contribution in [2.45, 2.75) is 31.8 Å². The third-order valence-electron chi connectivity index (χ3n) is 4.08. The summed E-state index contributed by atoms with van der Waals surface area (Å²) in [5.41, 5.74) is 0.847. The second kappa shape index (κ2) is 5.63. The number of aliphatic hydroxyl groups excluding tert-OH is 1. The molecular weight excluding hydrogens is 250 g/mol. The van der Waals surface area contributed by atoms with Crippen LogP contribution in [0.5, 0.6) is 0 Å². The predicted molar refractivity (Wildman–Crippen MR) is 80.5 cm³/mol. The molecule has 104 valence electrons. The van der Waals surface area contributed by atoms with Gasteiger partial charge in [0.05, 0.1) is 6.10 Å². The van der Waals surface area contributed by atoms with Crippen molar-refractivity contribution < 1.29 is 9.90 Å². The zero-order valence-electron chi connectivity index (χ0n) is 11.4. The molecule has 2 aromatic carbocycles. The number of anilines is 1. The van der Waals surface area contributed by atoms with Crippen LogP contribution < -0.4 is 5.32 Å². The summed E-state index contributed by atoms with van der Waals surface area (Å²) in [5, 5.41) is 14.8. The number of carbonyl (C=O) groups excluding carboxylic acids is 1. The molecule has 3 nitrogen and oxygen atoms in total. The Morgan fingerprint density at radius 3 is 2.45 bits per heavy atom. The molecule has 1 saturated carbocycles. The van der Waals surface area contributed by atoms with Gasteiger partial charge in [-0.3, -0.25) is 4.79 Å². The summed E-state index contributed by atoms with van der Waals surface area (Å²) in [6.07, 6.45) is 2.80. The third kappa shape index (κ3) is 2.83. The van der Waals surface area contributed by atoms with E-state index in [0.717, 1.165) is 36.8 Å². The highest BCUT2D eigenvalue weighted by molar-refractivity contribution is 5.95. The number of hydrogen-bond donors (Lipinski definition) is 2. The molecule has 0 bridgehead atoms. The fraction of sp³-hybridized carbons (Fsp3) is 0.353. The van der Waals surface area contributed by atoms with Gasteiger partial charge >= 0.3 is 0 Å². The van der Waals surface area contributed by atoms with Crippen LogP contribution in [0.4, 0.5) is 5.69 Å². The van der Waals surface area contributed by atoms with Gasteiger partial charge in [-0.1, -0.05) is 30.3 Å². The molecule has 0 unspecified atom stereocenters. The Labute approximate surface area is 118 Å². The van der Waals surface area contributed by atoms with Gasteiger partial charge in [0.25, 0.3) is 0 Å². The molecule has 0 radical (unpaired) electrons. The fourth-order valence-corrected chi connectivity index (χ4v) is 2.85. The van der Waals surface area contributed by atoms with Crippen LogP contribution in [0.25, 0.3) is 10.8 Å². The van der Waals surface area contributed by atoms with Crippen LogP contribution in [0.3, 0.4) is 0 Å². The minimum atomic E-state index is -0.222. The Morgan fingerprint density at radius 1 is 1.00 bits per heavy atom. The standard InChI is InChI=1S/C17H19NO2/c19-16-9-6-13(7-10-16)17(20)18-15-8-5-12-3-1-2-4-14(12)11-15/h1-5,8,11,13,16,19H,6-7,9-10H2,(H,18,20). The van der Waals surface area contributed by atoms with Gasteiger partial charge in [0, 0.05) is 11.6 Å². The molecule has 0 heterocycles. The smallest absolute Gasteiger partial charge is 0.227 e. The Balaban J connectivity index is 1.71. The number of aliphatic hydroxyl groups is 1. The molecule has 3 rings (SSSR count). The molecule has 2 N–H and O–H groups in total. The maximum absolute atomic E-state index is 12.2. The summed E-state index contributed by atoms with van der Waals surface area (Å²) in [7, 11) is 0. The van der Waals surface area contributed by atoms with Crippen LogP contribution in [-0.4, -0.2) is 17.1 Å². The van der Waals surface area contributed by atoms with Crippen molar-refractivity contribution in [2.24, 2.45) is 5.92 Å². The van der Waals surface area contributed by atoms with E-state index in [0.29, 0.717) is 0 Å². The van der Waals surface area contributed by atoms with Crippen molar-refractivity contribution in [3.05, 3.63) is 42.5 Å². The van der Waals surface area contributed by atoms with Crippen molar-refractivity contribution in [2.75, 3.05) is 5.32 Å². The maximum atomic E-state index is 12.2. The molecule has 0 aromatic heterocycles. The minimum Gasteiger partial charge on any atom is -0.393 e. The topological polar surface area (TPSA) is 49.3 Å². The number of hydrogen-bond acceptors (Lipinski definition) is 2. The lowest BCUT2D eigenvalue weighted by Gasteiger charge is -2.24. The summed E-state index contributed by atoms with van der Waals surface area (Å²) >= 11 is 0. The first kappa shape index (κ1) is 13.1. The van der Waals surface area contributed by atoms with E-state index in [2.05, 4.69) is 11.4 Å². The van der Waals surface area contributed by atoms with Gasteiger partial charge in [-0.15, -0.1) is 0 Å². The lowest BCUT2D eigenvalue weighted by atomic mass is 9.87. The molecule has 0 saturated heterocycles. The Bertz CT molecular complexity index is 615. The van der Waals surface area contributed by atoms with Gasteiger partial charge < -0.3 is 10.4 Å². The van der Waals surface area contributed by atoms with Crippen LogP contribution in [0.1, 0.15) is 25.7 Å². The SMILES string of the molecule is O=C(Nc1ccc2ccccc2c1)C1CCC(O)CC1. The highest BCUT2D eigenvalue weighted by Crippen LogP contribution is 2.26. The van der Waals surface area contributed by atoms with E-state index in [1.165, 1.54) is 5.39 Å². The largest absolute Gasteiger partial charge is 0.393 e.